The molecule has 0 spiro atoms. The number of nitrogens with one attached hydrogen (secondary N) is 1. The minimum atomic E-state index is -3.39. The van der Waals surface area contributed by atoms with Crippen LogP contribution in [0.25, 0.3) is 32.5 Å². The maximum Gasteiger partial charge on any atom is 0.231 e. The van der Waals surface area contributed by atoms with Crippen molar-refractivity contribution in [2.24, 2.45) is 0 Å². The second kappa shape index (κ2) is 7.96. The van der Waals surface area contributed by atoms with Crippen LogP contribution < -0.4 is 5.32 Å². The van der Waals surface area contributed by atoms with E-state index < -0.39 is 7.01 Å². The van der Waals surface area contributed by atoms with Gasteiger partial charge in [0, 0.05) is 29.4 Å². The molecule has 0 aliphatic heterocycles. The highest BCUT2D eigenvalue weighted by Crippen LogP contribution is 2.43. The molecule has 0 bridgehead atoms. The molecule has 10 heteroatoms. The number of aromatic nitrogens is 4. The molecular formula is C23H16IN5O2S2. The van der Waals surface area contributed by atoms with E-state index in [-0.39, 0.29) is 4.90 Å². The summed E-state index contributed by atoms with van der Waals surface area (Å²) in [6.45, 7) is 0. The highest BCUT2D eigenvalue weighted by molar-refractivity contribution is 14.2. The van der Waals surface area contributed by atoms with Crippen LogP contribution in [-0.2, 0) is 7.01 Å². The van der Waals surface area contributed by atoms with E-state index in [1.165, 1.54) is 57.4 Å². The third kappa shape index (κ3) is 4.18. The van der Waals surface area contributed by atoms with Gasteiger partial charge in [-0.1, -0.05) is 0 Å². The van der Waals surface area contributed by atoms with E-state index in [2.05, 4.69) is 21.4 Å². The Hall–Kier alpha value is -2.70. The van der Waals surface area contributed by atoms with Crippen LogP contribution in [0.5, 0.6) is 0 Å². The average Bonchev–Trinajstić information content (AvgIpc) is 3.58. The van der Waals surface area contributed by atoms with Crippen LogP contribution in [0, 0.1) is 0 Å². The highest BCUT2D eigenvalue weighted by Gasteiger charge is 2.27. The van der Waals surface area contributed by atoms with Crippen LogP contribution in [0.4, 0.5) is 11.5 Å². The summed E-state index contributed by atoms with van der Waals surface area (Å²) in [5.41, 5.74) is 3.67. The smallest absolute Gasteiger partial charge is 0.231 e. The number of halogens is 1. The monoisotopic (exact) mass is 585 g/mol. The molecule has 0 unspecified atom stereocenters. The summed E-state index contributed by atoms with van der Waals surface area (Å²) in [6, 6.07) is 14.8. The predicted molar refractivity (Wildman–Crippen MR) is 139 cm³/mol. The zero-order chi connectivity index (χ0) is 22.6. The lowest BCUT2D eigenvalue weighted by Gasteiger charge is -2.11. The number of benzene rings is 1. The summed E-state index contributed by atoms with van der Waals surface area (Å²) >= 11 is 3.17. The molecule has 164 valence electrons. The maximum atomic E-state index is 12.0. The fraction of sp³-hybridized carbons (Fsp3) is 0.130. The van der Waals surface area contributed by atoms with E-state index in [1.54, 1.807) is 17.5 Å². The number of fused-ring (bicyclic) bond motifs is 2. The molecule has 4 aromatic heterocycles. The molecule has 1 saturated carbocycles. The molecule has 1 aromatic carbocycles. The number of rotatable bonds is 5. The Morgan fingerprint density at radius 1 is 0.939 bits per heavy atom. The van der Waals surface area contributed by atoms with E-state index >= 15 is 0 Å². The number of nitrogens with zero attached hydrogens (tertiary/aromatic N) is 4. The SMILES string of the molecule is O=S(=O)(I)c1ccnc(-c2cc3ncccc3c(Nc3ccc4nc(C5CC5)sc4c3)n2)c1. The number of hydrogen-bond donors (Lipinski definition) is 1. The maximum absolute atomic E-state index is 12.0. The van der Waals surface area contributed by atoms with Crippen molar-refractivity contribution in [2.45, 2.75) is 23.7 Å². The van der Waals surface area contributed by atoms with Crippen molar-refractivity contribution in [3.63, 3.8) is 0 Å². The fourth-order valence-electron chi connectivity index (χ4n) is 3.67. The highest BCUT2D eigenvalue weighted by atomic mass is 127. The van der Waals surface area contributed by atoms with Gasteiger partial charge >= 0.3 is 0 Å². The van der Waals surface area contributed by atoms with Gasteiger partial charge in [-0.15, -0.1) is 11.3 Å². The number of hydrogen-bond acceptors (Lipinski definition) is 8. The Labute approximate surface area is 205 Å². The molecule has 1 fully saturated rings. The first-order chi connectivity index (χ1) is 15.9. The zero-order valence-corrected chi connectivity index (χ0v) is 20.9. The molecule has 7 nitrogen and oxygen atoms in total. The van der Waals surface area contributed by atoms with Gasteiger partial charge in [-0.2, -0.15) is 0 Å². The van der Waals surface area contributed by atoms with Crippen molar-refractivity contribution < 1.29 is 8.42 Å². The summed E-state index contributed by atoms with van der Waals surface area (Å²) in [4.78, 5) is 18.6. The number of anilines is 2. The van der Waals surface area contributed by atoms with Crippen LogP contribution in [0.2, 0.25) is 0 Å². The van der Waals surface area contributed by atoms with E-state index in [0.717, 1.165) is 26.8 Å². The Balaban J connectivity index is 1.44. The van der Waals surface area contributed by atoms with Gasteiger partial charge in [0.15, 0.2) is 0 Å². The molecular weight excluding hydrogens is 569 g/mol. The number of thiazole rings is 1. The third-order valence-electron chi connectivity index (χ3n) is 5.47. The minimum Gasteiger partial charge on any atom is -0.340 e. The van der Waals surface area contributed by atoms with Crippen molar-refractivity contribution in [3.05, 3.63) is 65.9 Å². The topological polar surface area (TPSA) is 97.7 Å². The van der Waals surface area contributed by atoms with Gasteiger partial charge in [-0.3, -0.25) is 9.97 Å². The Bertz CT molecular complexity index is 1650. The fourth-order valence-corrected chi connectivity index (χ4v) is 6.14. The zero-order valence-electron chi connectivity index (χ0n) is 17.1. The first-order valence-corrected chi connectivity index (χ1v) is 15.1. The molecule has 0 amide bonds. The van der Waals surface area contributed by atoms with E-state index in [1.807, 2.05) is 30.3 Å². The lowest BCUT2D eigenvalue weighted by Crippen LogP contribution is -1.99. The molecule has 4 heterocycles. The van der Waals surface area contributed by atoms with Gasteiger partial charge in [0.1, 0.15) is 5.82 Å². The van der Waals surface area contributed by atoms with Crippen molar-refractivity contribution in [2.75, 3.05) is 5.32 Å². The van der Waals surface area contributed by atoms with Gasteiger partial charge in [0.2, 0.25) is 7.01 Å². The summed E-state index contributed by atoms with van der Waals surface area (Å²) in [7, 11) is -3.39. The normalized spacial score (nSPS) is 14.1. The van der Waals surface area contributed by atoms with E-state index in [0.29, 0.717) is 23.1 Å². The molecule has 0 radical (unpaired) electrons. The first-order valence-electron chi connectivity index (χ1n) is 10.3. The quantitative estimate of drug-likeness (QED) is 0.198. The van der Waals surface area contributed by atoms with Gasteiger partial charge in [0.05, 0.1) is 58.2 Å². The standard InChI is InChI=1S/C23H16IN5O2S2/c24-33(30,31)15-7-9-26-19(11-15)20-12-18-16(2-1-8-25-18)22(28-20)27-14-5-6-17-21(10-14)32-23(29-17)13-3-4-13/h1-2,5-13H,3-4H2,(H,27,28). The minimum absolute atomic E-state index is 0.188. The third-order valence-corrected chi connectivity index (χ3v) is 8.99. The second-order valence-corrected chi connectivity index (χ2v) is 13.8. The van der Waals surface area contributed by atoms with Gasteiger partial charge in [-0.05, 0) is 61.4 Å². The van der Waals surface area contributed by atoms with Gasteiger partial charge in [0.25, 0.3) is 0 Å². The Kier molecular flexibility index (Phi) is 5.03. The molecule has 6 rings (SSSR count). The second-order valence-electron chi connectivity index (χ2n) is 7.87. The molecule has 1 aliphatic rings. The molecule has 33 heavy (non-hydrogen) atoms. The van der Waals surface area contributed by atoms with Crippen molar-refractivity contribution in [1.29, 1.82) is 0 Å². The predicted octanol–water partition coefficient (Wildman–Crippen LogP) is 6.05. The van der Waals surface area contributed by atoms with Gasteiger partial charge < -0.3 is 5.32 Å². The van der Waals surface area contributed by atoms with Crippen molar-refractivity contribution in [3.8, 4) is 11.4 Å². The summed E-state index contributed by atoms with van der Waals surface area (Å²) in [5.74, 6) is 1.26. The Morgan fingerprint density at radius 2 is 1.82 bits per heavy atom. The van der Waals surface area contributed by atoms with Crippen LogP contribution in [0.15, 0.2) is 65.8 Å². The molecule has 1 N–H and O–H groups in total. The molecule has 1 aliphatic carbocycles. The summed E-state index contributed by atoms with van der Waals surface area (Å²) < 4.78 is 25.1. The van der Waals surface area contributed by atoms with Crippen LogP contribution in [0.3, 0.4) is 0 Å². The number of pyridine rings is 3. The van der Waals surface area contributed by atoms with Gasteiger partial charge in [-0.25, -0.2) is 18.4 Å². The van der Waals surface area contributed by atoms with Crippen molar-refractivity contribution >= 4 is 72.2 Å². The van der Waals surface area contributed by atoms with Crippen LogP contribution in [0.1, 0.15) is 23.8 Å². The van der Waals surface area contributed by atoms with E-state index in [4.69, 9.17) is 9.97 Å². The van der Waals surface area contributed by atoms with Crippen LogP contribution >= 0.6 is 32.5 Å². The lowest BCUT2D eigenvalue weighted by molar-refractivity contribution is 0.612. The van der Waals surface area contributed by atoms with Crippen LogP contribution in [-0.4, -0.2) is 28.4 Å². The molecule has 5 aromatic rings. The molecule has 0 saturated heterocycles. The van der Waals surface area contributed by atoms with Crippen molar-refractivity contribution in [1.82, 2.24) is 19.9 Å². The average molecular weight is 585 g/mol. The lowest BCUT2D eigenvalue weighted by atomic mass is 10.1. The first kappa shape index (κ1) is 20.9. The Morgan fingerprint density at radius 3 is 2.64 bits per heavy atom. The molecule has 0 atom stereocenters. The largest absolute Gasteiger partial charge is 0.340 e. The van der Waals surface area contributed by atoms with E-state index in [9.17, 15) is 8.42 Å². The summed E-state index contributed by atoms with van der Waals surface area (Å²) in [5, 5.41) is 5.51. The summed E-state index contributed by atoms with van der Waals surface area (Å²) in [6.07, 6.45) is 5.66.